The fourth-order valence-corrected chi connectivity index (χ4v) is 2.89. The molecule has 0 saturated carbocycles. The van der Waals surface area contributed by atoms with E-state index in [0.29, 0.717) is 0 Å². The van der Waals surface area contributed by atoms with Crippen LogP contribution in [0.1, 0.15) is 10.4 Å². The van der Waals surface area contributed by atoms with E-state index in [1.54, 1.807) is 14.1 Å². The van der Waals surface area contributed by atoms with Crippen molar-refractivity contribution in [3.63, 3.8) is 0 Å². The summed E-state index contributed by atoms with van der Waals surface area (Å²) in [6, 6.07) is 4.05. The number of carbonyl (C=O) groups excluding carboxylic acids is 1. The molecule has 0 fully saturated rings. The van der Waals surface area contributed by atoms with E-state index < -0.39 is 15.9 Å². The van der Waals surface area contributed by atoms with Crippen LogP contribution in [0.5, 0.6) is 0 Å². The molecular formula is C12H16ClN3O3S. The van der Waals surface area contributed by atoms with Crippen molar-refractivity contribution in [2.75, 3.05) is 20.6 Å². The van der Waals surface area contributed by atoms with Crippen LogP contribution >= 0.6 is 11.6 Å². The predicted molar refractivity (Wildman–Crippen MR) is 78.0 cm³/mol. The second kappa shape index (κ2) is 6.85. The molecule has 0 radical (unpaired) electrons. The summed E-state index contributed by atoms with van der Waals surface area (Å²) >= 11 is 5.88. The van der Waals surface area contributed by atoms with Crippen LogP contribution in [0.15, 0.2) is 35.7 Å². The molecule has 6 nitrogen and oxygen atoms in total. The summed E-state index contributed by atoms with van der Waals surface area (Å²) in [5.74, 6) is -0.424. The number of nitrogens with zero attached hydrogens (tertiary/aromatic N) is 1. The summed E-state index contributed by atoms with van der Waals surface area (Å²) in [6.45, 7) is 3.50. The van der Waals surface area contributed by atoms with Gasteiger partial charge in [0.15, 0.2) is 0 Å². The van der Waals surface area contributed by atoms with Crippen molar-refractivity contribution >= 4 is 27.5 Å². The molecule has 1 amide bonds. The lowest BCUT2D eigenvalue weighted by Crippen LogP contribution is -2.36. The largest absolute Gasteiger partial charge is 0.285 e. The standard InChI is InChI=1S/C12H16ClN3O3S/c1-4-7-14-20(18,19)11-8-9(5-6-10(11)13)12(17)15-16(2)3/h4-6,8,14H,1,7H2,2-3H3,(H,15,17). The maximum atomic E-state index is 12.0. The van der Waals surface area contributed by atoms with E-state index in [1.807, 2.05) is 0 Å². The fraction of sp³-hybridized carbons (Fsp3) is 0.250. The van der Waals surface area contributed by atoms with E-state index in [-0.39, 0.29) is 22.0 Å². The molecule has 0 bridgehead atoms. The first kappa shape index (κ1) is 16.6. The van der Waals surface area contributed by atoms with E-state index in [2.05, 4.69) is 16.7 Å². The number of benzene rings is 1. The van der Waals surface area contributed by atoms with Gasteiger partial charge < -0.3 is 0 Å². The Labute approximate surface area is 123 Å². The van der Waals surface area contributed by atoms with Crippen molar-refractivity contribution in [1.29, 1.82) is 0 Å². The molecular weight excluding hydrogens is 302 g/mol. The summed E-state index contributed by atoms with van der Waals surface area (Å²) in [4.78, 5) is 11.7. The van der Waals surface area contributed by atoms with Crippen LogP contribution in [0.3, 0.4) is 0 Å². The Kier molecular flexibility index (Phi) is 5.70. The van der Waals surface area contributed by atoms with Crippen LogP contribution in [-0.2, 0) is 10.0 Å². The van der Waals surface area contributed by atoms with Crippen molar-refractivity contribution < 1.29 is 13.2 Å². The Morgan fingerprint density at radius 3 is 2.65 bits per heavy atom. The van der Waals surface area contributed by atoms with Gasteiger partial charge in [-0.05, 0) is 18.2 Å². The lowest BCUT2D eigenvalue weighted by Gasteiger charge is -2.13. The molecule has 0 aliphatic carbocycles. The first-order valence-corrected chi connectivity index (χ1v) is 7.52. The highest BCUT2D eigenvalue weighted by atomic mass is 35.5. The molecule has 8 heteroatoms. The van der Waals surface area contributed by atoms with Crippen LogP contribution in [0.4, 0.5) is 0 Å². The zero-order valence-electron chi connectivity index (χ0n) is 11.2. The predicted octanol–water partition coefficient (Wildman–Crippen LogP) is 1.01. The van der Waals surface area contributed by atoms with Crippen molar-refractivity contribution in [1.82, 2.24) is 15.2 Å². The first-order chi connectivity index (χ1) is 9.27. The van der Waals surface area contributed by atoms with Crippen LogP contribution < -0.4 is 10.1 Å². The van der Waals surface area contributed by atoms with Gasteiger partial charge in [-0.25, -0.2) is 18.1 Å². The molecule has 0 atom stereocenters. The second-order valence-electron chi connectivity index (χ2n) is 4.12. The molecule has 0 aromatic heterocycles. The van der Waals surface area contributed by atoms with Crippen molar-refractivity contribution in [2.24, 2.45) is 0 Å². The van der Waals surface area contributed by atoms with Crippen molar-refractivity contribution in [3.8, 4) is 0 Å². The molecule has 0 aliphatic heterocycles. The number of hydrogen-bond donors (Lipinski definition) is 2. The molecule has 20 heavy (non-hydrogen) atoms. The average Bonchev–Trinajstić information content (AvgIpc) is 2.35. The van der Waals surface area contributed by atoms with Crippen LogP contribution in [0.2, 0.25) is 5.02 Å². The number of carbonyl (C=O) groups is 1. The minimum absolute atomic E-state index is 0.0444. The Balaban J connectivity index is 3.15. The Hall–Kier alpha value is -1.41. The van der Waals surface area contributed by atoms with Crippen LogP contribution in [-0.4, -0.2) is 40.0 Å². The number of hydrazine groups is 1. The monoisotopic (exact) mass is 317 g/mol. The Morgan fingerprint density at radius 1 is 1.45 bits per heavy atom. The van der Waals surface area contributed by atoms with Crippen LogP contribution in [0, 0.1) is 0 Å². The van der Waals surface area contributed by atoms with Gasteiger partial charge in [-0.3, -0.25) is 10.2 Å². The SMILES string of the molecule is C=CCNS(=O)(=O)c1cc(C(=O)NN(C)C)ccc1Cl. The number of amides is 1. The summed E-state index contributed by atoms with van der Waals surface area (Å²) in [6.07, 6.45) is 1.41. The van der Waals surface area contributed by atoms with Gasteiger partial charge >= 0.3 is 0 Å². The van der Waals surface area contributed by atoms with Gasteiger partial charge in [0.1, 0.15) is 4.90 Å². The maximum Gasteiger partial charge on any atom is 0.265 e. The minimum Gasteiger partial charge on any atom is -0.285 e. The summed E-state index contributed by atoms with van der Waals surface area (Å²) in [5.41, 5.74) is 2.72. The third-order valence-corrected chi connectivity index (χ3v) is 4.13. The van der Waals surface area contributed by atoms with Crippen molar-refractivity contribution in [2.45, 2.75) is 4.90 Å². The lowest BCUT2D eigenvalue weighted by molar-refractivity contribution is 0.0856. The molecule has 0 heterocycles. The van der Waals surface area contributed by atoms with Gasteiger partial charge in [0, 0.05) is 26.2 Å². The molecule has 0 saturated heterocycles. The number of sulfonamides is 1. The Morgan fingerprint density at radius 2 is 2.10 bits per heavy atom. The van der Waals surface area contributed by atoms with Crippen LogP contribution in [0.25, 0.3) is 0 Å². The molecule has 110 valence electrons. The van der Waals surface area contributed by atoms with E-state index >= 15 is 0 Å². The number of nitrogens with one attached hydrogen (secondary N) is 2. The van der Waals surface area contributed by atoms with E-state index in [0.717, 1.165) is 0 Å². The van der Waals surface area contributed by atoms with Gasteiger partial charge in [-0.1, -0.05) is 17.7 Å². The normalized spacial score (nSPS) is 11.4. The zero-order chi connectivity index (χ0) is 15.3. The smallest absolute Gasteiger partial charge is 0.265 e. The number of halogens is 1. The third kappa shape index (κ3) is 4.31. The number of hydrogen-bond acceptors (Lipinski definition) is 4. The lowest BCUT2D eigenvalue weighted by atomic mass is 10.2. The molecule has 0 unspecified atom stereocenters. The molecule has 1 aromatic carbocycles. The highest BCUT2D eigenvalue weighted by Gasteiger charge is 2.19. The molecule has 1 rings (SSSR count). The molecule has 1 aromatic rings. The van der Waals surface area contributed by atoms with Crippen molar-refractivity contribution in [3.05, 3.63) is 41.4 Å². The average molecular weight is 318 g/mol. The van der Waals surface area contributed by atoms with Gasteiger partial charge in [0.05, 0.1) is 5.02 Å². The van der Waals surface area contributed by atoms with E-state index in [1.165, 1.54) is 29.3 Å². The van der Waals surface area contributed by atoms with Gasteiger partial charge in [0.25, 0.3) is 5.91 Å². The quantitative estimate of drug-likeness (QED) is 0.606. The minimum atomic E-state index is -3.78. The third-order valence-electron chi connectivity index (χ3n) is 2.23. The van der Waals surface area contributed by atoms with E-state index in [4.69, 9.17) is 11.6 Å². The highest BCUT2D eigenvalue weighted by Crippen LogP contribution is 2.22. The molecule has 0 spiro atoms. The maximum absolute atomic E-state index is 12.0. The summed E-state index contributed by atoms with van der Waals surface area (Å²) in [7, 11) is -0.485. The van der Waals surface area contributed by atoms with E-state index in [9.17, 15) is 13.2 Å². The molecule has 0 aliphatic rings. The number of rotatable bonds is 6. The first-order valence-electron chi connectivity index (χ1n) is 5.66. The summed E-state index contributed by atoms with van der Waals surface area (Å²) in [5, 5.41) is 1.50. The zero-order valence-corrected chi connectivity index (χ0v) is 12.8. The summed E-state index contributed by atoms with van der Waals surface area (Å²) < 4.78 is 26.3. The van der Waals surface area contributed by atoms with Gasteiger partial charge in [0.2, 0.25) is 10.0 Å². The van der Waals surface area contributed by atoms with Gasteiger partial charge in [-0.15, -0.1) is 6.58 Å². The highest BCUT2D eigenvalue weighted by molar-refractivity contribution is 7.89. The Bertz CT molecular complexity index is 614. The second-order valence-corrected chi connectivity index (χ2v) is 6.26. The molecule has 2 N–H and O–H groups in total. The van der Waals surface area contributed by atoms with Gasteiger partial charge in [-0.2, -0.15) is 0 Å². The topological polar surface area (TPSA) is 78.5 Å². The fourth-order valence-electron chi connectivity index (χ4n) is 1.36.